The second-order valence-electron chi connectivity index (χ2n) is 5.64. The van der Waals surface area contributed by atoms with Crippen LogP contribution in [0.4, 0.5) is 5.69 Å². The molecule has 0 radical (unpaired) electrons. The van der Waals surface area contributed by atoms with Gasteiger partial charge in [0.1, 0.15) is 0 Å². The summed E-state index contributed by atoms with van der Waals surface area (Å²) in [5, 5.41) is 6.28. The highest BCUT2D eigenvalue weighted by molar-refractivity contribution is 5.92. The monoisotopic (exact) mass is 260 g/mol. The molecule has 0 heterocycles. The lowest BCUT2D eigenvalue weighted by Crippen LogP contribution is -2.24. The van der Waals surface area contributed by atoms with E-state index < -0.39 is 0 Å². The average molecular weight is 260 g/mol. The summed E-state index contributed by atoms with van der Waals surface area (Å²) in [6.07, 6.45) is 3.38. The van der Waals surface area contributed by atoms with Crippen molar-refractivity contribution in [3.8, 4) is 0 Å². The van der Waals surface area contributed by atoms with Crippen LogP contribution in [0.3, 0.4) is 0 Å². The lowest BCUT2D eigenvalue weighted by atomic mass is 9.97. The highest BCUT2D eigenvalue weighted by Gasteiger charge is 2.29. The Morgan fingerprint density at radius 3 is 2.79 bits per heavy atom. The van der Waals surface area contributed by atoms with E-state index in [0.29, 0.717) is 12.0 Å². The molecular weight excluding hydrogens is 236 g/mol. The van der Waals surface area contributed by atoms with Gasteiger partial charge in [-0.05, 0) is 50.4 Å². The van der Waals surface area contributed by atoms with Gasteiger partial charge in [-0.1, -0.05) is 25.5 Å². The smallest absolute Gasteiger partial charge is 0.227 e. The first-order chi connectivity index (χ1) is 9.11. The molecule has 104 valence electrons. The van der Waals surface area contributed by atoms with E-state index in [2.05, 4.69) is 36.6 Å². The number of rotatable bonds is 4. The number of hydrogen-bond donors (Lipinski definition) is 2. The van der Waals surface area contributed by atoms with Crippen LogP contribution in [0.1, 0.15) is 44.7 Å². The summed E-state index contributed by atoms with van der Waals surface area (Å²) < 4.78 is 0. The van der Waals surface area contributed by atoms with Gasteiger partial charge >= 0.3 is 0 Å². The van der Waals surface area contributed by atoms with E-state index in [1.54, 1.807) is 0 Å². The van der Waals surface area contributed by atoms with Gasteiger partial charge in [-0.25, -0.2) is 0 Å². The van der Waals surface area contributed by atoms with Crippen molar-refractivity contribution in [2.45, 2.75) is 39.2 Å². The number of carbonyl (C=O) groups is 1. The largest absolute Gasteiger partial charge is 0.326 e. The summed E-state index contributed by atoms with van der Waals surface area (Å²) in [4.78, 5) is 12.2. The van der Waals surface area contributed by atoms with E-state index in [9.17, 15) is 4.79 Å². The lowest BCUT2D eigenvalue weighted by Gasteiger charge is -2.16. The first kappa shape index (κ1) is 14.1. The standard InChI is InChI=1S/C16H24N2O/c1-11-6-4-9-15(11)16(19)18-14-8-5-7-13(10-14)12(2)17-3/h5,7-8,10-12,15,17H,4,6,9H2,1-3H3,(H,18,19). The molecule has 3 nitrogen and oxygen atoms in total. The van der Waals surface area contributed by atoms with Crippen LogP contribution in [0.25, 0.3) is 0 Å². The van der Waals surface area contributed by atoms with Crippen molar-refractivity contribution in [1.29, 1.82) is 0 Å². The molecule has 0 bridgehead atoms. The summed E-state index contributed by atoms with van der Waals surface area (Å²) in [7, 11) is 1.94. The van der Waals surface area contributed by atoms with Crippen molar-refractivity contribution in [2.75, 3.05) is 12.4 Å². The molecule has 0 spiro atoms. The maximum Gasteiger partial charge on any atom is 0.227 e. The lowest BCUT2D eigenvalue weighted by molar-refractivity contribution is -0.120. The molecule has 1 aliphatic carbocycles. The third-order valence-electron chi connectivity index (χ3n) is 4.29. The van der Waals surface area contributed by atoms with E-state index in [-0.39, 0.29) is 11.8 Å². The van der Waals surface area contributed by atoms with Crippen molar-refractivity contribution < 1.29 is 4.79 Å². The van der Waals surface area contributed by atoms with Gasteiger partial charge in [-0.3, -0.25) is 4.79 Å². The second-order valence-corrected chi connectivity index (χ2v) is 5.64. The van der Waals surface area contributed by atoms with Crippen molar-refractivity contribution in [3.05, 3.63) is 29.8 Å². The normalized spacial score (nSPS) is 24.2. The minimum Gasteiger partial charge on any atom is -0.326 e. The SMILES string of the molecule is CNC(C)c1cccc(NC(=O)C2CCCC2C)c1. The van der Waals surface area contributed by atoms with E-state index in [1.165, 1.54) is 18.4 Å². The molecule has 2 N–H and O–H groups in total. The van der Waals surface area contributed by atoms with Crippen molar-refractivity contribution in [3.63, 3.8) is 0 Å². The molecule has 1 amide bonds. The number of benzene rings is 1. The third-order valence-corrected chi connectivity index (χ3v) is 4.29. The molecule has 3 heteroatoms. The molecule has 1 saturated carbocycles. The molecule has 1 aliphatic rings. The Kier molecular flexibility index (Phi) is 4.59. The maximum absolute atomic E-state index is 12.2. The predicted molar refractivity (Wildman–Crippen MR) is 79.1 cm³/mol. The molecular formula is C16H24N2O. The zero-order valence-electron chi connectivity index (χ0n) is 12.1. The summed E-state index contributed by atoms with van der Waals surface area (Å²) in [6.45, 7) is 4.29. The summed E-state index contributed by atoms with van der Waals surface area (Å²) in [5.41, 5.74) is 2.10. The first-order valence-corrected chi connectivity index (χ1v) is 7.20. The number of nitrogens with one attached hydrogen (secondary N) is 2. The van der Waals surface area contributed by atoms with Crippen molar-refractivity contribution in [1.82, 2.24) is 5.32 Å². The predicted octanol–water partition coefficient (Wildman–Crippen LogP) is 3.34. The Balaban J connectivity index is 2.04. The molecule has 0 aromatic heterocycles. The molecule has 1 fully saturated rings. The average Bonchev–Trinajstić information content (AvgIpc) is 2.84. The summed E-state index contributed by atoms with van der Waals surface area (Å²) in [5.74, 6) is 0.879. The van der Waals surface area contributed by atoms with E-state index in [4.69, 9.17) is 0 Å². The van der Waals surface area contributed by atoms with Gasteiger partial charge in [0.05, 0.1) is 0 Å². The van der Waals surface area contributed by atoms with Gasteiger partial charge in [0.25, 0.3) is 0 Å². The quantitative estimate of drug-likeness (QED) is 0.871. The van der Waals surface area contributed by atoms with Gasteiger partial charge in [-0.2, -0.15) is 0 Å². The number of amides is 1. The number of anilines is 1. The fourth-order valence-electron chi connectivity index (χ4n) is 2.82. The molecule has 3 unspecified atom stereocenters. The zero-order valence-corrected chi connectivity index (χ0v) is 12.1. The minimum absolute atomic E-state index is 0.180. The van der Waals surface area contributed by atoms with Gasteiger partial charge in [0.15, 0.2) is 0 Å². The van der Waals surface area contributed by atoms with Crippen LogP contribution in [0, 0.1) is 11.8 Å². The van der Waals surface area contributed by atoms with Crippen molar-refractivity contribution in [2.24, 2.45) is 11.8 Å². The zero-order chi connectivity index (χ0) is 13.8. The van der Waals surface area contributed by atoms with E-state index in [1.807, 2.05) is 19.2 Å². The number of hydrogen-bond acceptors (Lipinski definition) is 2. The Hall–Kier alpha value is -1.35. The van der Waals surface area contributed by atoms with E-state index in [0.717, 1.165) is 12.1 Å². The molecule has 1 aromatic carbocycles. The van der Waals surface area contributed by atoms with Crippen LogP contribution in [0.15, 0.2) is 24.3 Å². The van der Waals surface area contributed by atoms with E-state index >= 15 is 0 Å². The highest BCUT2D eigenvalue weighted by Crippen LogP contribution is 2.32. The summed E-state index contributed by atoms with van der Waals surface area (Å²) in [6, 6.07) is 8.38. The van der Waals surface area contributed by atoms with Gasteiger partial charge in [0, 0.05) is 17.6 Å². The molecule has 19 heavy (non-hydrogen) atoms. The molecule has 1 aromatic rings. The van der Waals surface area contributed by atoms with Crippen molar-refractivity contribution >= 4 is 11.6 Å². The Morgan fingerprint density at radius 2 is 2.16 bits per heavy atom. The van der Waals surface area contributed by atoms with Gasteiger partial charge < -0.3 is 10.6 Å². The van der Waals surface area contributed by atoms with Crippen LogP contribution in [0.5, 0.6) is 0 Å². The highest BCUT2D eigenvalue weighted by atomic mass is 16.1. The second kappa shape index (κ2) is 6.20. The molecule has 0 saturated heterocycles. The van der Waals surface area contributed by atoms with Gasteiger partial charge in [-0.15, -0.1) is 0 Å². The maximum atomic E-state index is 12.2. The topological polar surface area (TPSA) is 41.1 Å². The Labute approximate surface area is 115 Å². The third kappa shape index (κ3) is 3.35. The Morgan fingerprint density at radius 1 is 1.37 bits per heavy atom. The first-order valence-electron chi connectivity index (χ1n) is 7.20. The van der Waals surface area contributed by atoms with Crippen LogP contribution in [-0.4, -0.2) is 13.0 Å². The molecule has 2 rings (SSSR count). The van der Waals surface area contributed by atoms with Gasteiger partial charge in [0.2, 0.25) is 5.91 Å². The fourth-order valence-corrected chi connectivity index (χ4v) is 2.82. The Bertz CT molecular complexity index is 444. The molecule has 3 atom stereocenters. The molecule has 0 aliphatic heterocycles. The summed E-state index contributed by atoms with van der Waals surface area (Å²) >= 11 is 0. The minimum atomic E-state index is 0.180. The van der Waals surface area contributed by atoms with Crippen LogP contribution < -0.4 is 10.6 Å². The number of carbonyl (C=O) groups excluding carboxylic acids is 1. The fraction of sp³-hybridized carbons (Fsp3) is 0.562. The van der Waals surface area contributed by atoms with Crippen LogP contribution in [0.2, 0.25) is 0 Å². The van der Waals surface area contributed by atoms with Crippen LogP contribution in [-0.2, 0) is 4.79 Å². The van der Waals surface area contributed by atoms with Crippen LogP contribution >= 0.6 is 0 Å².